The van der Waals surface area contributed by atoms with E-state index in [1.165, 1.54) is 25.5 Å². The molecule has 0 spiro atoms. The summed E-state index contributed by atoms with van der Waals surface area (Å²) in [6.45, 7) is 5.06. The number of ether oxygens (including phenoxy) is 1. The van der Waals surface area contributed by atoms with Gasteiger partial charge in [-0.3, -0.25) is 0 Å². The van der Waals surface area contributed by atoms with Gasteiger partial charge in [0.2, 0.25) is 5.88 Å². The first kappa shape index (κ1) is 15.3. The Balaban J connectivity index is 2.49. The van der Waals surface area contributed by atoms with Crippen molar-refractivity contribution < 1.29 is 9.94 Å². The first-order valence-corrected chi connectivity index (χ1v) is 6.78. The summed E-state index contributed by atoms with van der Waals surface area (Å²) in [7, 11) is 0. The van der Waals surface area contributed by atoms with E-state index in [4.69, 9.17) is 15.7 Å². The summed E-state index contributed by atoms with van der Waals surface area (Å²) in [6, 6.07) is 3.46. The third-order valence-electron chi connectivity index (χ3n) is 3.15. The Morgan fingerprint density at radius 3 is 2.79 bits per heavy atom. The number of nitrogens with two attached hydrogens (primary N) is 1. The lowest BCUT2D eigenvalue weighted by Crippen LogP contribution is -2.14. The second kappa shape index (κ2) is 8.34. The fraction of sp³-hybridized carbons (Fsp3) is 0.571. The number of hydrogen-bond donors (Lipinski definition) is 2. The predicted octanol–water partition coefficient (Wildman–Crippen LogP) is 2.77. The fourth-order valence-electron chi connectivity index (χ4n) is 1.78. The molecule has 0 amide bonds. The summed E-state index contributed by atoms with van der Waals surface area (Å²) in [4.78, 5) is 4.14. The number of rotatable bonds is 8. The van der Waals surface area contributed by atoms with Crippen molar-refractivity contribution in [3.05, 3.63) is 23.9 Å². The topological polar surface area (TPSA) is 80.7 Å². The second-order valence-corrected chi connectivity index (χ2v) is 4.60. The van der Waals surface area contributed by atoms with E-state index >= 15 is 0 Å². The lowest BCUT2D eigenvalue weighted by Gasteiger charge is -2.15. The average molecular weight is 265 g/mol. The van der Waals surface area contributed by atoms with Crippen molar-refractivity contribution in [2.24, 2.45) is 16.8 Å². The summed E-state index contributed by atoms with van der Waals surface area (Å²) in [5.41, 5.74) is 6.04. The van der Waals surface area contributed by atoms with Crippen LogP contribution in [0.25, 0.3) is 0 Å². The summed E-state index contributed by atoms with van der Waals surface area (Å²) in [5, 5.41) is 11.5. The normalized spacial score (nSPS) is 13.3. The largest absolute Gasteiger partial charge is 0.477 e. The van der Waals surface area contributed by atoms with Crippen LogP contribution in [-0.2, 0) is 0 Å². The van der Waals surface area contributed by atoms with Crippen molar-refractivity contribution >= 4 is 5.84 Å². The van der Waals surface area contributed by atoms with Crippen molar-refractivity contribution in [2.45, 2.75) is 39.5 Å². The van der Waals surface area contributed by atoms with E-state index in [0.29, 0.717) is 24.0 Å². The molecule has 0 aliphatic rings. The molecule has 5 nitrogen and oxygen atoms in total. The molecule has 1 rings (SSSR count). The molecule has 106 valence electrons. The molecule has 1 aromatic heterocycles. The molecule has 0 aromatic carbocycles. The SMILES string of the molecule is CCCCC(CC)COc1ccc(/C(N)=N/O)cn1. The Hall–Kier alpha value is -1.78. The van der Waals surface area contributed by atoms with E-state index in [9.17, 15) is 0 Å². The van der Waals surface area contributed by atoms with Crippen LogP contribution in [0.15, 0.2) is 23.5 Å². The van der Waals surface area contributed by atoms with Crippen LogP contribution in [0.5, 0.6) is 5.88 Å². The van der Waals surface area contributed by atoms with Crippen LogP contribution >= 0.6 is 0 Å². The van der Waals surface area contributed by atoms with Crippen molar-refractivity contribution in [1.82, 2.24) is 4.98 Å². The van der Waals surface area contributed by atoms with Gasteiger partial charge in [0.25, 0.3) is 0 Å². The van der Waals surface area contributed by atoms with Gasteiger partial charge in [-0.05, 0) is 18.4 Å². The lowest BCUT2D eigenvalue weighted by molar-refractivity contribution is 0.226. The fourth-order valence-corrected chi connectivity index (χ4v) is 1.78. The highest BCUT2D eigenvalue weighted by molar-refractivity contribution is 5.96. The molecule has 5 heteroatoms. The van der Waals surface area contributed by atoms with E-state index in [1.54, 1.807) is 12.1 Å². The molecule has 0 fully saturated rings. The van der Waals surface area contributed by atoms with Crippen molar-refractivity contribution in [3.63, 3.8) is 0 Å². The first-order chi connectivity index (χ1) is 9.21. The van der Waals surface area contributed by atoms with E-state index in [-0.39, 0.29) is 5.84 Å². The minimum absolute atomic E-state index is 0.0495. The monoisotopic (exact) mass is 265 g/mol. The molecule has 0 saturated carbocycles. The quantitative estimate of drug-likeness (QED) is 0.328. The van der Waals surface area contributed by atoms with Gasteiger partial charge in [-0.25, -0.2) is 4.98 Å². The van der Waals surface area contributed by atoms with Crippen molar-refractivity contribution in [2.75, 3.05) is 6.61 Å². The number of pyridine rings is 1. The molecule has 0 saturated heterocycles. The lowest BCUT2D eigenvalue weighted by atomic mass is 10.0. The predicted molar refractivity (Wildman–Crippen MR) is 75.5 cm³/mol. The molecule has 0 aliphatic heterocycles. The van der Waals surface area contributed by atoms with Gasteiger partial charge in [-0.15, -0.1) is 0 Å². The van der Waals surface area contributed by atoms with Gasteiger partial charge in [0.15, 0.2) is 5.84 Å². The summed E-state index contributed by atoms with van der Waals surface area (Å²) in [6.07, 6.45) is 6.29. The second-order valence-electron chi connectivity index (χ2n) is 4.60. The van der Waals surface area contributed by atoms with Gasteiger partial charge in [0.05, 0.1) is 6.61 Å². The summed E-state index contributed by atoms with van der Waals surface area (Å²) < 4.78 is 5.67. The zero-order chi connectivity index (χ0) is 14.1. The minimum Gasteiger partial charge on any atom is -0.477 e. The maximum Gasteiger partial charge on any atom is 0.213 e. The van der Waals surface area contributed by atoms with Crippen LogP contribution in [0, 0.1) is 5.92 Å². The van der Waals surface area contributed by atoms with Crippen LogP contribution in [0.2, 0.25) is 0 Å². The molecule has 19 heavy (non-hydrogen) atoms. The molecular formula is C14H23N3O2. The number of hydrogen-bond acceptors (Lipinski definition) is 4. The minimum atomic E-state index is 0.0495. The zero-order valence-electron chi connectivity index (χ0n) is 11.7. The standard InChI is InChI=1S/C14H23N3O2/c1-3-5-6-11(4-2)10-19-13-8-7-12(9-16-13)14(15)17-18/h7-9,11,18H,3-6,10H2,1-2H3,(H2,15,17). The van der Waals surface area contributed by atoms with E-state index in [1.807, 2.05) is 0 Å². The number of amidine groups is 1. The van der Waals surface area contributed by atoms with Crippen LogP contribution in [-0.4, -0.2) is 22.6 Å². The van der Waals surface area contributed by atoms with Gasteiger partial charge in [-0.2, -0.15) is 0 Å². The van der Waals surface area contributed by atoms with Crippen LogP contribution in [0.4, 0.5) is 0 Å². The molecule has 1 unspecified atom stereocenters. The van der Waals surface area contributed by atoms with Gasteiger partial charge < -0.3 is 15.7 Å². The number of unbranched alkanes of at least 4 members (excludes halogenated alkanes) is 1. The smallest absolute Gasteiger partial charge is 0.213 e. The Morgan fingerprint density at radius 2 is 2.26 bits per heavy atom. The highest BCUT2D eigenvalue weighted by Gasteiger charge is 2.07. The molecular weight excluding hydrogens is 242 g/mol. The van der Waals surface area contributed by atoms with Gasteiger partial charge in [-0.1, -0.05) is 38.3 Å². The molecule has 1 aromatic rings. The van der Waals surface area contributed by atoms with E-state index in [0.717, 1.165) is 6.42 Å². The van der Waals surface area contributed by atoms with Crippen molar-refractivity contribution in [1.29, 1.82) is 0 Å². The average Bonchev–Trinajstić information content (AvgIpc) is 2.47. The Bertz CT molecular complexity index is 390. The number of aromatic nitrogens is 1. The third kappa shape index (κ3) is 5.16. The van der Waals surface area contributed by atoms with Crippen molar-refractivity contribution in [3.8, 4) is 5.88 Å². The highest BCUT2D eigenvalue weighted by atomic mass is 16.5. The van der Waals surface area contributed by atoms with Gasteiger partial charge >= 0.3 is 0 Å². The van der Waals surface area contributed by atoms with Crippen LogP contribution in [0.1, 0.15) is 45.1 Å². The molecule has 3 N–H and O–H groups in total. The Morgan fingerprint density at radius 1 is 1.47 bits per heavy atom. The van der Waals surface area contributed by atoms with Crippen LogP contribution < -0.4 is 10.5 Å². The maximum atomic E-state index is 8.55. The molecule has 0 radical (unpaired) electrons. The van der Waals surface area contributed by atoms with Gasteiger partial charge in [0.1, 0.15) is 0 Å². The molecule has 0 bridgehead atoms. The van der Waals surface area contributed by atoms with Gasteiger partial charge in [0, 0.05) is 17.8 Å². The summed E-state index contributed by atoms with van der Waals surface area (Å²) >= 11 is 0. The summed E-state index contributed by atoms with van der Waals surface area (Å²) in [5.74, 6) is 1.20. The highest BCUT2D eigenvalue weighted by Crippen LogP contribution is 2.15. The van der Waals surface area contributed by atoms with Crippen LogP contribution in [0.3, 0.4) is 0 Å². The number of nitrogens with zero attached hydrogens (tertiary/aromatic N) is 2. The molecule has 1 heterocycles. The van der Waals surface area contributed by atoms with E-state index < -0.39 is 0 Å². The molecule has 1 atom stereocenters. The first-order valence-electron chi connectivity index (χ1n) is 6.78. The number of oxime groups is 1. The Kier molecular flexibility index (Phi) is 6.71. The van der Waals surface area contributed by atoms with E-state index in [2.05, 4.69) is 24.0 Å². The Labute approximate surface area is 114 Å². The third-order valence-corrected chi connectivity index (χ3v) is 3.15. The maximum absolute atomic E-state index is 8.55. The zero-order valence-corrected chi connectivity index (χ0v) is 11.7. The molecule has 0 aliphatic carbocycles.